The van der Waals surface area contributed by atoms with E-state index in [0.29, 0.717) is 0 Å². The Morgan fingerprint density at radius 1 is 1.33 bits per heavy atom. The van der Waals surface area contributed by atoms with Gasteiger partial charge in [-0.15, -0.1) is 0 Å². The molecule has 3 heteroatoms. The van der Waals surface area contributed by atoms with E-state index < -0.39 is 8.32 Å². The minimum Gasteiger partial charge on any atom is -0.418 e. The van der Waals surface area contributed by atoms with E-state index >= 15 is 0 Å². The zero-order chi connectivity index (χ0) is 7.33. The average Bonchev–Trinajstić information content (AvgIpc) is 1.63. The second-order valence-electron chi connectivity index (χ2n) is 3.04. The van der Waals surface area contributed by atoms with Gasteiger partial charge in [0.1, 0.15) is 0 Å². The Kier molecular flexibility index (Phi) is 4.61. The van der Waals surface area contributed by atoms with Crippen LogP contribution in [0.25, 0.3) is 0 Å². The SMILES string of the molecule is C[Si](C)(C)OCCCS. The monoisotopic (exact) mass is 164 g/mol. The first kappa shape index (κ1) is 9.53. The molecule has 0 aliphatic heterocycles. The number of hydrogen-bond donors (Lipinski definition) is 1. The van der Waals surface area contributed by atoms with Crippen molar-refractivity contribution in [3.8, 4) is 0 Å². The van der Waals surface area contributed by atoms with Gasteiger partial charge >= 0.3 is 0 Å². The van der Waals surface area contributed by atoms with Crippen LogP contribution in [0.3, 0.4) is 0 Å². The second kappa shape index (κ2) is 4.36. The molecule has 0 heterocycles. The summed E-state index contributed by atoms with van der Waals surface area (Å²) in [6, 6.07) is 0. The highest BCUT2D eigenvalue weighted by Gasteiger charge is 2.12. The van der Waals surface area contributed by atoms with Gasteiger partial charge in [-0.05, 0) is 31.8 Å². The van der Waals surface area contributed by atoms with Crippen molar-refractivity contribution >= 4 is 20.9 Å². The van der Waals surface area contributed by atoms with Crippen LogP contribution in [0, 0.1) is 0 Å². The first-order valence-electron chi connectivity index (χ1n) is 3.31. The molecule has 9 heavy (non-hydrogen) atoms. The lowest BCUT2D eigenvalue weighted by Gasteiger charge is -2.16. The van der Waals surface area contributed by atoms with Crippen LogP contribution in [-0.4, -0.2) is 20.7 Å². The highest BCUT2D eigenvalue weighted by Crippen LogP contribution is 2.02. The molecule has 0 rings (SSSR count). The quantitative estimate of drug-likeness (QED) is 0.380. The Labute approximate surface area is 64.3 Å². The van der Waals surface area contributed by atoms with Gasteiger partial charge in [-0.3, -0.25) is 0 Å². The molecule has 0 amide bonds. The van der Waals surface area contributed by atoms with Crippen molar-refractivity contribution < 1.29 is 4.43 Å². The van der Waals surface area contributed by atoms with Gasteiger partial charge in [0.05, 0.1) is 0 Å². The topological polar surface area (TPSA) is 9.23 Å². The van der Waals surface area contributed by atoms with Gasteiger partial charge in [0.15, 0.2) is 8.32 Å². The predicted molar refractivity (Wildman–Crippen MR) is 47.8 cm³/mol. The third-order valence-electron chi connectivity index (χ3n) is 0.838. The van der Waals surface area contributed by atoms with Crippen molar-refractivity contribution in [1.82, 2.24) is 0 Å². The van der Waals surface area contributed by atoms with E-state index in [0.717, 1.165) is 18.8 Å². The molecular weight excluding hydrogens is 148 g/mol. The summed E-state index contributed by atoms with van der Waals surface area (Å²) in [6.45, 7) is 7.49. The molecule has 0 spiro atoms. The molecule has 0 saturated carbocycles. The van der Waals surface area contributed by atoms with E-state index in [2.05, 4.69) is 32.3 Å². The van der Waals surface area contributed by atoms with E-state index in [9.17, 15) is 0 Å². The molecule has 0 bridgehead atoms. The van der Waals surface area contributed by atoms with Crippen LogP contribution in [0.1, 0.15) is 6.42 Å². The predicted octanol–water partition coefficient (Wildman–Crippen LogP) is 2.16. The van der Waals surface area contributed by atoms with Crippen molar-refractivity contribution in [2.45, 2.75) is 26.1 Å². The minimum atomic E-state index is -1.23. The molecule has 1 nitrogen and oxygen atoms in total. The second-order valence-corrected chi connectivity index (χ2v) is 8.00. The maximum atomic E-state index is 5.56. The van der Waals surface area contributed by atoms with Gasteiger partial charge in [-0.25, -0.2) is 0 Å². The molecule has 0 aliphatic rings. The summed E-state index contributed by atoms with van der Waals surface area (Å²) in [4.78, 5) is 0. The minimum absolute atomic E-state index is 0.888. The van der Waals surface area contributed by atoms with E-state index in [1.165, 1.54) is 0 Å². The standard InChI is InChI=1S/C6H16OSSi/c1-9(2,3)7-5-4-6-8/h8H,4-6H2,1-3H3. The van der Waals surface area contributed by atoms with Crippen LogP contribution in [-0.2, 0) is 4.43 Å². The van der Waals surface area contributed by atoms with Crippen molar-refractivity contribution in [2.75, 3.05) is 12.4 Å². The Morgan fingerprint density at radius 3 is 2.22 bits per heavy atom. The zero-order valence-electron chi connectivity index (χ0n) is 6.48. The zero-order valence-corrected chi connectivity index (χ0v) is 8.37. The highest BCUT2D eigenvalue weighted by molar-refractivity contribution is 7.80. The van der Waals surface area contributed by atoms with Crippen LogP contribution in [0.4, 0.5) is 0 Å². The van der Waals surface area contributed by atoms with Crippen LogP contribution >= 0.6 is 12.6 Å². The fourth-order valence-electron chi connectivity index (χ4n) is 0.443. The van der Waals surface area contributed by atoms with E-state index in [-0.39, 0.29) is 0 Å². The van der Waals surface area contributed by atoms with Gasteiger partial charge in [0, 0.05) is 6.61 Å². The Bertz CT molecular complexity index is 69.9. The van der Waals surface area contributed by atoms with Gasteiger partial charge in [0.2, 0.25) is 0 Å². The average molecular weight is 164 g/mol. The summed E-state index contributed by atoms with van der Waals surface area (Å²) in [5.41, 5.74) is 0. The first-order chi connectivity index (χ1) is 4.06. The highest BCUT2D eigenvalue weighted by atomic mass is 32.1. The molecule has 56 valence electrons. The largest absolute Gasteiger partial charge is 0.418 e. The van der Waals surface area contributed by atoms with Gasteiger partial charge in [-0.2, -0.15) is 12.6 Å². The summed E-state index contributed by atoms with van der Waals surface area (Å²) in [5.74, 6) is 0.935. The van der Waals surface area contributed by atoms with Gasteiger partial charge in [-0.1, -0.05) is 0 Å². The lowest BCUT2D eigenvalue weighted by atomic mass is 10.5. The molecule has 0 radical (unpaired) electrons. The van der Waals surface area contributed by atoms with Crippen LogP contribution < -0.4 is 0 Å². The van der Waals surface area contributed by atoms with Crippen LogP contribution in [0.2, 0.25) is 19.6 Å². The van der Waals surface area contributed by atoms with Crippen molar-refractivity contribution in [3.05, 3.63) is 0 Å². The lowest BCUT2D eigenvalue weighted by Crippen LogP contribution is -2.25. The van der Waals surface area contributed by atoms with Gasteiger partial charge in [0.25, 0.3) is 0 Å². The molecule has 0 saturated heterocycles. The van der Waals surface area contributed by atoms with E-state index in [4.69, 9.17) is 4.43 Å². The van der Waals surface area contributed by atoms with Gasteiger partial charge < -0.3 is 4.43 Å². The summed E-state index contributed by atoms with van der Waals surface area (Å²) >= 11 is 4.09. The third kappa shape index (κ3) is 8.53. The molecule has 0 aromatic carbocycles. The molecule has 0 aromatic heterocycles. The number of thiol groups is 1. The van der Waals surface area contributed by atoms with Crippen molar-refractivity contribution in [1.29, 1.82) is 0 Å². The van der Waals surface area contributed by atoms with Crippen LogP contribution in [0.5, 0.6) is 0 Å². The Balaban J connectivity index is 3.07. The summed E-state index contributed by atoms with van der Waals surface area (Å²) in [7, 11) is -1.23. The fourth-order valence-corrected chi connectivity index (χ4v) is 1.33. The molecule has 0 aromatic rings. The maximum Gasteiger partial charge on any atom is 0.183 e. The van der Waals surface area contributed by atoms with Crippen LogP contribution in [0.15, 0.2) is 0 Å². The maximum absolute atomic E-state index is 5.56. The Morgan fingerprint density at radius 2 is 1.89 bits per heavy atom. The molecule has 0 atom stereocenters. The molecule has 0 N–H and O–H groups in total. The Hall–Kier alpha value is 0.527. The molecule has 0 aliphatic carbocycles. The lowest BCUT2D eigenvalue weighted by molar-refractivity contribution is 0.313. The normalized spacial score (nSPS) is 12.0. The molecule has 0 unspecified atom stereocenters. The van der Waals surface area contributed by atoms with Crippen molar-refractivity contribution in [2.24, 2.45) is 0 Å². The number of rotatable bonds is 4. The summed E-state index contributed by atoms with van der Waals surface area (Å²) in [5, 5.41) is 0. The first-order valence-corrected chi connectivity index (χ1v) is 7.35. The summed E-state index contributed by atoms with van der Waals surface area (Å²) in [6.07, 6.45) is 1.08. The molecular formula is C6H16OSSi. The third-order valence-corrected chi connectivity index (χ3v) is 2.22. The molecule has 0 fully saturated rings. The van der Waals surface area contributed by atoms with Crippen molar-refractivity contribution in [3.63, 3.8) is 0 Å². The summed E-state index contributed by atoms with van der Waals surface area (Å²) < 4.78 is 5.56. The van der Waals surface area contributed by atoms with E-state index in [1.807, 2.05) is 0 Å². The smallest absolute Gasteiger partial charge is 0.183 e. The van der Waals surface area contributed by atoms with E-state index in [1.54, 1.807) is 0 Å². The number of hydrogen-bond acceptors (Lipinski definition) is 2. The fraction of sp³-hybridized carbons (Fsp3) is 1.00.